The molecule has 3 aliphatic rings. The molecule has 0 N–H and O–H groups in total. The summed E-state index contributed by atoms with van der Waals surface area (Å²) < 4.78 is 7.36. The molecule has 1 amide bonds. The van der Waals surface area contributed by atoms with E-state index in [4.69, 9.17) is 4.74 Å². The van der Waals surface area contributed by atoms with Gasteiger partial charge in [-0.25, -0.2) is 4.98 Å². The number of likely N-dealkylation sites (tertiary alicyclic amines) is 2. The first-order valence-electron chi connectivity index (χ1n) is 10.2. The molecular formula is C20H32N4O2. The Hall–Kier alpha value is -1.40. The van der Waals surface area contributed by atoms with Crippen molar-refractivity contribution in [2.75, 3.05) is 33.4 Å². The second-order valence-electron chi connectivity index (χ2n) is 8.35. The van der Waals surface area contributed by atoms with Gasteiger partial charge in [0.1, 0.15) is 0 Å². The molecule has 6 nitrogen and oxygen atoms in total. The predicted molar refractivity (Wildman–Crippen MR) is 99.6 cm³/mol. The van der Waals surface area contributed by atoms with E-state index in [2.05, 4.69) is 19.4 Å². The number of methoxy groups -OCH3 is 1. The lowest BCUT2D eigenvalue weighted by Crippen LogP contribution is -2.53. The van der Waals surface area contributed by atoms with Crippen LogP contribution in [-0.4, -0.2) is 64.7 Å². The van der Waals surface area contributed by atoms with Gasteiger partial charge in [-0.2, -0.15) is 0 Å². The average molecular weight is 361 g/mol. The molecule has 1 aromatic heterocycles. The van der Waals surface area contributed by atoms with E-state index in [1.165, 1.54) is 37.8 Å². The first-order chi connectivity index (χ1) is 12.7. The predicted octanol–water partition coefficient (Wildman–Crippen LogP) is 2.29. The van der Waals surface area contributed by atoms with Crippen LogP contribution < -0.4 is 0 Å². The van der Waals surface area contributed by atoms with Crippen LogP contribution in [0.4, 0.5) is 0 Å². The van der Waals surface area contributed by atoms with E-state index in [-0.39, 0.29) is 5.41 Å². The zero-order valence-corrected chi connectivity index (χ0v) is 16.0. The summed E-state index contributed by atoms with van der Waals surface area (Å²) in [6.45, 7) is 5.31. The van der Waals surface area contributed by atoms with Gasteiger partial charge in [0.05, 0.1) is 24.0 Å². The summed E-state index contributed by atoms with van der Waals surface area (Å²) in [6, 6.07) is 0.518. The number of aromatic nitrogens is 2. The summed E-state index contributed by atoms with van der Waals surface area (Å²) in [7, 11) is 1.73. The highest BCUT2D eigenvalue weighted by atomic mass is 16.5. The molecule has 0 aromatic carbocycles. The quantitative estimate of drug-likeness (QED) is 0.781. The van der Waals surface area contributed by atoms with Crippen molar-refractivity contribution in [2.24, 2.45) is 5.41 Å². The summed E-state index contributed by atoms with van der Waals surface area (Å²) in [5.74, 6) is 0.450. The summed E-state index contributed by atoms with van der Waals surface area (Å²) in [5, 5.41) is 0. The summed E-state index contributed by atoms with van der Waals surface area (Å²) >= 11 is 0. The highest BCUT2D eigenvalue weighted by molar-refractivity contribution is 5.84. The molecule has 4 rings (SSSR count). The van der Waals surface area contributed by atoms with Crippen LogP contribution in [0.25, 0.3) is 0 Å². The Labute approximate surface area is 156 Å². The van der Waals surface area contributed by atoms with Crippen LogP contribution in [0.1, 0.15) is 50.6 Å². The maximum atomic E-state index is 13.4. The number of hydrogen-bond donors (Lipinski definition) is 0. The molecule has 1 spiro atoms. The van der Waals surface area contributed by atoms with Crippen molar-refractivity contribution in [2.45, 2.75) is 64.1 Å². The second kappa shape index (κ2) is 7.69. The lowest BCUT2D eigenvalue weighted by atomic mass is 9.77. The zero-order chi connectivity index (χ0) is 18.0. The summed E-state index contributed by atoms with van der Waals surface area (Å²) in [5.41, 5.74) is 1.09. The average Bonchev–Trinajstić information content (AvgIpc) is 3.39. The molecule has 144 valence electrons. The molecule has 2 aliphatic heterocycles. The number of ether oxygens (including phenoxy) is 1. The van der Waals surface area contributed by atoms with Gasteiger partial charge >= 0.3 is 0 Å². The maximum absolute atomic E-state index is 13.4. The van der Waals surface area contributed by atoms with Crippen LogP contribution in [0.15, 0.2) is 12.5 Å². The van der Waals surface area contributed by atoms with Gasteiger partial charge in [0.2, 0.25) is 5.91 Å². The topological polar surface area (TPSA) is 50.6 Å². The lowest BCUT2D eigenvalue weighted by molar-refractivity contribution is -0.148. The van der Waals surface area contributed by atoms with E-state index in [0.717, 1.165) is 45.6 Å². The first-order valence-corrected chi connectivity index (χ1v) is 10.2. The van der Waals surface area contributed by atoms with Crippen molar-refractivity contribution in [1.29, 1.82) is 0 Å². The number of imidazole rings is 1. The minimum absolute atomic E-state index is 0.127. The highest BCUT2D eigenvalue weighted by Gasteiger charge is 2.49. The van der Waals surface area contributed by atoms with Crippen LogP contribution in [0.3, 0.4) is 0 Å². The van der Waals surface area contributed by atoms with E-state index < -0.39 is 0 Å². The Bertz CT molecular complexity index is 625. The maximum Gasteiger partial charge on any atom is 0.230 e. The molecule has 3 fully saturated rings. The van der Waals surface area contributed by atoms with E-state index in [9.17, 15) is 4.79 Å². The molecule has 1 saturated carbocycles. The fraction of sp³-hybridized carbons (Fsp3) is 0.800. The molecule has 1 atom stereocenters. The largest absolute Gasteiger partial charge is 0.383 e. The molecule has 0 bridgehead atoms. The normalized spacial score (nSPS) is 27.9. The van der Waals surface area contributed by atoms with Crippen LogP contribution >= 0.6 is 0 Å². The molecule has 2 saturated heterocycles. The molecular weight excluding hydrogens is 328 g/mol. The third-order valence-corrected chi connectivity index (χ3v) is 6.69. The van der Waals surface area contributed by atoms with E-state index in [0.29, 0.717) is 18.6 Å². The molecule has 1 aliphatic carbocycles. The number of carbonyl (C=O) groups excluding carboxylic acids is 1. The van der Waals surface area contributed by atoms with E-state index >= 15 is 0 Å². The molecule has 0 radical (unpaired) electrons. The minimum Gasteiger partial charge on any atom is -0.383 e. The van der Waals surface area contributed by atoms with Gasteiger partial charge in [0.15, 0.2) is 0 Å². The molecule has 3 heterocycles. The van der Waals surface area contributed by atoms with Gasteiger partial charge in [-0.1, -0.05) is 12.8 Å². The Morgan fingerprint density at radius 1 is 1.23 bits per heavy atom. The SMILES string of the molecule is COCCn1cncc1CN1CCC2(CCCN(C3CCCC3)C2=O)C1. The Morgan fingerprint density at radius 3 is 2.88 bits per heavy atom. The van der Waals surface area contributed by atoms with Gasteiger partial charge in [-0.05, 0) is 38.6 Å². The number of piperidine rings is 1. The third kappa shape index (κ3) is 3.41. The van der Waals surface area contributed by atoms with Gasteiger partial charge in [-0.3, -0.25) is 9.69 Å². The van der Waals surface area contributed by atoms with Crippen molar-refractivity contribution >= 4 is 5.91 Å². The second-order valence-corrected chi connectivity index (χ2v) is 8.35. The molecule has 1 unspecified atom stereocenters. The molecule has 6 heteroatoms. The smallest absolute Gasteiger partial charge is 0.230 e. The van der Waals surface area contributed by atoms with Crippen molar-refractivity contribution < 1.29 is 9.53 Å². The fourth-order valence-electron chi connectivity index (χ4n) is 5.24. The van der Waals surface area contributed by atoms with Crippen molar-refractivity contribution in [3.05, 3.63) is 18.2 Å². The van der Waals surface area contributed by atoms with Gasteiger partial charge < -0.3 is 14.2 Å². The number of amides is 1. The van der Waals surface area contributed by atoms with Crippen LogP contribution in [0.2, 0.25) is 0 Å². The third-order valence-electron chi connectivity index (χ3n) is 6.69. The van der Waals surface area contributed by atoms with Crippen molar-refractivity contribution in [1.82, 2.24) is 19.4 Å². The number of rotatable bonds is 6. The highest BCUT2D eigenvalue weighted by Crippen LogP contribution is 2.42. The van der Waals surface area contributed by atoms with E-state index in [1.807, 2.05) is 12.5 Å². The molecule has 26 heavy (non-hydrogen) atoms. The molecule has 1 aromatic rings. The lowest BCUT2D eigenvalue weighted by Gasteiger charge is -2.42. The Morgan fingerprint density at radius 2 is 2.08 bits per heavy atom. The minimum atomic E-state index is -0.127. The number of hydrogen-bond acceptors (Lipinski definition) is 4. The van der Waals surface area contributed by atoms with Crippen molar-refractivity contribution in [3.63, 3.8) is 0 Å². The van der Waals surface area contributed by atoms with Crippen LogP contribution in [0, 0.1) is 5.41 Å². The fourth-order valence-corrected chi connectivity index (χ4v) is 5.24. The standard InChI is InChI=1S/C20H32N4O2/c1-26-12-11-23-16-21-13-18(23)14-22-10-8-20(15-22)7-4-9-24(19(20)25)17-5-2-3-6-17/h13,16-17H,2-12,14-15H2,1H3. The Balaban J connectivity index is 1.41. The van der Waals surface area contributed by atoms with Gasteiger partial charge in [0.25, 0.3) is 0 Å². The zero-order valence-electron chi connectivity index (χ0n) is 16.0. The van der Waals surface area contributed by atoms with Crippen LogP contribution in [0.5, 0.6) is 0 Å². The summed E-state index contributed by atoms with van der Waals surface area (Å²) in [4.78, 5) is 22.4. The monoisotopic (exact) mass is 360 g/mol. The first kappa shape index (κ1) is 18.0. The number of carbonyl (C=O) groups is 1. The van der Waals surface area contributed by atoms with Gasteiger partial charge in [0, 0.05) is 45.5 Å². The Kier molecular flexibility index (Phi) is 5.32. The van der Waals surface area contributed by atoms with Gasteiger partial charge in [-0.15, -0.1) is 0 Å². The number of nitrogens with zero attached hydrogens (tertiary/aromatic N) is 4. The summed E-state index contributed by atoms with van der Waals surface area (Å²) in [6.07, 6.45) is 12.1. The van der Waals surface area contributed by atoms with E-state index in [1.54, 1.807) is 7.11 Å². The van der Waals surface area contributed by atoms with Crippen LogP contribution in [-0.2, 0) is 22.6 Å². The van der Waals surface area contributed by atoms with Crippen molar-refractivity contribution in [3.8, 4) is 0 Å².